The van der Waals surface area contributed by atoms with E-state index in [1.807, 2.05) is 19.1 Å². The highest BCUT2D eigenvalue weighted by Crippen LogP contribution is 2.31. The number of nitro benzene ring substituents is 1. The number of hydrogen-bond donors (Lipinski definition) is 2. The molecule has 10 heteroatoms. The second-order valence-corrected chi connectivity index (χ2v) is 7.58. The largest absolute Gasteiger partial charge is 0.296 e. The van der Waals surface area contributed by atoms with Crippen LogP contribution in [0.4, 0.5) is 10.8 Å². The van der Waals surface area contributed by atoms with Gasteiger partial charge >= 0.3 is 0 Å². The van der Waals surface area contributed by atoms with Crippen LogP contribution in [-0.2, 0) is 0 Å². The lowest BCUT2D eigenvalue weighted by molar-refractivity contribution is -0.384. The number of nitrogens with zero attached hydrogens (tertiary/aromatic N) is 3. The third-order valence-electron chi connectivity index (χ3n) is 4.11. The first-order valence-electron chi connectivity index (χ1n) is 8.09. The SMILES string of the molecule is Cc1sc(NC(=O)c2n[nH]c3ccc([N+](=O)[O-])cc23)nc1-c1ccc(Cl)cc1. The second kappa shape index (κ2) is 7.02. The van der Waals surface area contributed by atoms with Gasteiger partial charge < -0.3 is 0 Å². The summed E-state index contributed by atoms with van der Waals surface area (Å²) in [5, 5.41) is 21.8. The molecule has 0 spiro atoms. The van der Waals surface area contributed by atoms with E-state index in [0.29, 0.717) is 21.1 Å². The number of nitro groups is 1. The quantitative estimate of drug-likeness (QED) is 0.368. The van der Waals surface area contributed by atoms with E-state index in [9.17, 15) is 14.9 Å². The molecule has 4 aromatic rings. The minimum atomic E-state index is -0.517. The van der Waals surface area contributed by atoms with E-state index in [0.717, 1.165) is 16.1 Å². The summed E-state index contributed by atoms with van der Waals surface area (Å²) in [7, 11) is 0. The van der Waals surface area contributed by atoms with Crippen molar-refractivity contribution in [2.75, 3.05) is 5.32 Å². The Morgan fingerprint density at radius 3 is 2.71 bits per heavy atom. The zero-order valence-corrected chi connectivity index (χ0v) is 16.0. The average molecular weight is 414 g/mol. The number of amides is 1. The van der Waals surface area contributed by atoms with Crippen LogP contribution in [0.5, 0.6) is 0 Å². The van der Waals surface area contributed by atoms with Crippen molar-refractivity contribution in [3.05, 3.63) is 68.2 Å². The van der Waals surface area contributed by atoms with Gasteiger partial charge in [0, 0.05) is 33.0 Å². The fourth-order valence-corrected chi connectivity index (χ4v) is 3.73. The van der Waals surface area contributed by atoms with Gasteiger partial charge in [-0.1, -0.05) is 23.7 Å². The summed E-state index contributed by atoms with van der Waals surface area (Å²) in [6.07, 6.45) is 0. The van der Waals surface area contributed by atoms with Gasteiger partial charge in [0.1, 0.15) is 0 Å². The van der Waals surface area contributed by atoms with Crippen LogP contribution in [-0.4, -0.2) is 26.0 Å². The van der Waals surface area contributed by atoms with E-state index in [1.165, 1.54) is 29.5 Å². The smallest absolute Gasteiger partial charge is 0.278 e. The lowest BCUT2D eigenvalue weighted by atomic mass is 10.1. The van der Waals surface area contributed by atoms with E-state index >= 15 is 0 Å². The third kappa shape index (κ3) is 3.32. The molecule has 0 unspecified atom stereocenters. The molecule has 2 heterocycles. The lowest BCUT2D eigenvalue weighted by Crippen LogP contribution is -2.12. The number of carbonyl (C=O) groups is 1. The Bertz CT molecular complexity index is 1220. The minimum Gasteiger partial charge on any atom is -0.296 e. The van der Waals surface area contributed by atoms with E-state index in [-0.39, 0.29) is 11.4 Å². The van der Waals surface area contributed by atoms with Crippen molar-refractivity contribution in [2.45, 2.75) is 6.92 Å². The van der Waals surface area contributed by atoms with Crippen LogP contribution >= 0.6 is 22.9 Å². The normalized spacial score (nSPS) is 10.9. The first kappa shape index (κ1) is 18.1. The number of thiazole rings is 1. The van der Waals surface area contributed by atoms with Gasteiger partial charge in [-0.3, -0.25) is 25.3 Å². The number of anilines is 1. The molecule has 2 aromatic carbocycles. The second-order valence-electron chi connectivity index (χ2n) is 5.94. The molecule has 0 aliphatic heterocycles. The highest BCUT2D eigenvalue weighted by Gasteiger charge is 2.19. The molecule has 0 fully saturated rings. The lowest BCUT2D eigenvalue weighted by Gasteiger charge is -2.00. The molecule has 0 radical (unpaired) electrons. The number of aryl methyl sites for hydroxylation is 1. The summed E-state index contributed by atoms with van der Waals surface area (Å²) in [6, 6.07) is 11.5. The predicted molar refractivity (Wildman–Crippen MR) is 108 cm³/mol. The Balaban J connectivity index is 1.63. The van der Waals surface area contributed by atoms with Crippen LogP contribution in [0.3, 0.4) is 0 Å². The summed E-state index contributed by atoms with van der Waals surface area (Å²) < 4.78 is 0. The Hall–Kier alpha value is -3.30. The Morgan fingerprint density at radius 1 is 1.25 bits per heavy atom. The van der Waals surface area contributed by atoms with Gasteiger partial charge in [-0.15, -0.1) is 11.3 Å². The summed E-state index contributed by atoms with van der Waals surface area (Å²) >= 11 is 7.25. The number of halogens is 1. The van der Waals surface area contributed by atoms with Gasteiger partial charge in [0.15, 0.2) is 10.8 Å². The van der Waals surface area contributed by atoms with Crippen LogP contribution in [0, 0.1) is 17.0 Å². The maximum absolute atomic E-state index is 12.7. The standard InChI is InChI=1S/C18H12ClN5O3S/c1-9-15(10-2-4-11(19)5-3-10)20-18(28-9)21-17(25)16-13-8-12(24(26)27)6-7-14(13)22-23-16/h2-8H,1H3,(H,22,23)(H,20,21,25). The molecule has 0 saturated carbocycles. The molecule has 4 rings (SSSR count). The molecule has 2 N–H and O–H groups in total. The molecule has 1 amide bonds. The molecule has 0 atom stereocenters. The molecular formula is C18H12ClN5O3S. The predicted octanol–water partition coefficient (Wildman–Crippen LogP) is 4.81. The summed E-state index contributed by atoms with van der Waals surface area (Å²) in [4.78, 5) is 28.5. The zero-order valence-electron chi connectivity index (χ0n) is 14.4. The van der Waals surface area contributed by atoms with Gasteiger partial charge in [0.25, 0.3) is 11.6 Å². The number of fused-ring (bicyclic) bond motifs is 1. The molecule has 140 valence electrons. The van der Waals surface area contributed by atoms with Crippen LogP contribution in [0.2, 0.25) is 5.02 Å². The molecule has 0 bridgehead atoms. The van der Waals surface area contributed by atoms with E-state index in [2.05, 4.69) is 20.5 Å². The molecule has 8 nitrogen and oxygen atoms in total. The first-order chi connectivity index (χ1) is 13.4. The number of benzene rings is 2. The number of non-ortho nitro benzene ring substituents is 1. The Morgan fingerprint density at radius 2 is 2.00 bits per heavy atom. The van der Waals surface area contributed by atoms with Gasteiger partial charge in [-0.2, -0.15) is 5.10 Å². The van der Waals surface area contributed by atoms with Gasteiger partial charge in [0.2, 0.25) is 0 Å². The summed E-state index contributed by atoms with van der Waals surface area (Å²) in [5.41, 5.74) is 2.13. The van der Waals surface area contributed by atoms with Crippen LogP contribution in [0.1, 0.15) is 15.4 Å². The number of carbonyl (C=O) groups excluding carboxylic acids is 1. The maximum atomic E-state index is 12.7. The number of nitrogens with one attached hydrogen (secondary N) is 2. The summed E-state index contributed by atoms with van der Waals surface area (Å²) in [5.74, 6) is -0.497. The highest BCUT2D eigenvalue weighted by atomic mass is 35.5. The maximum Gasteiger partial charge on any atom is 0.278 e. The van der Waals surface area contributed by atoms with Gasteiger partial charge in [-0.05, 0) is 25.1 Å². The molecule has 28 heavy (non-hydrogen) atoms. The van der Waals surface area contributed by atoms with Crippen molar-refractivity contribution in [1.82, 2.24) is 15.2 Å². The van der Waals surface area contributed by atoms with E-state index in [1.54, 1.807) is 12.1 Å². The number of rotatable bonds is 4. The van der Waals surface area contributed by atoms with Crippen LogP contribution in [0.25, 0.3) is 22.2 Å². The number of aromatic amines is 1. The van der Waals surface area contributed by atoms with Crippen molar-refractivity contribution >= 4 is 50.6 Å². The van der Waals surface area contributed by atoms with Crippen molar-refractivity contribution in [3.63, 3.8) is 0 Å². The molecule has 0 saturated heterocycles. The van der Waals surface area contributed by atoms with Crippen LogP contribution in [0.15, 0.2) is 42.5 Å². The minimum absolute atomic E-state index is 0.0691. The van der Waals surface area contributed by atoms with Crippen molar-refractivity contribution < 1.29 is 9.72 Å². The Labute approximate surface area is 167 Å². The average Bonchev–Trinajstić information content (AvgIpc) is 3.25. The molecule has 0 aliphatic rings. The fraction of sp³-hybridized carbons (Fsp3) is 0.0556. The molecule has 0 aliphatic carbocycles. The number of aromatic nitrogens is 3. The monoisotopic (exact) mass is 413 g/mol. The van der Waals surface area contributed by atoms with Crippen LogP contribution < -0.4 is 5.32 Å². The van der Waals surface area contributed by atoms with Crippen molar-refractivity contribution in [1.29, 1.82) is 0 Å². The highest BCUT2D eigenvalue weighted by molar-refractivity contribution is 7.16. The molecular weight excluding hydrogens is 402 g/mol. The number of hydrogen-bond acceptors (Lipinski definition) is 6. The van der Waals surface area contributed by atoms with Crippen molar-refractivity contribution in [3.8, 4) is 11.3 Å². The van der Waals surface area contributed by atoms with E-state index in [4.69, 9.17) is 11.6 Å². The van der Waals surface area contributed by atoms with Gasteiger partial charge in [0.05, 0.1) is 16.1 Å². The first-order valence-corrected chi connectivity index (χ1v) is 9.29. The number of H-pyrrole nitrogens is 1. The topological polar surface area (TPSA) is 114 Å². The molecule has 2 aromatic heterocycles. The third-order valence-corrected chi connectivity index (χ3v) is 5.25. The zero-order chi connectivity index (χ0) is 19.8. The van der Waals surface area contributed by atoms with Gasteiger partial charge in [-0.25, -0.2) is 4.98 Å². The van der Waals surface area contributed by atoms with E-state index < -0.39 is 10.8 Å². The van der Waals surface area contributed by atoms with Crippen molar-refractivity contribution in [2.24, 2.45) is 0 Å². The summed E-state index contributed by atoms with van der Waals surface area (Å²) in [6.45, 7) is 1.91. The fourth-order valence-electron chi connectivity index (χ4n) is 2.77. The Kier molecular flexibility index (Phi) is 4.54.